The smallest absolute Gasteiger partial charge is 0.410 e. The maximum absolute atomic E-state index is 12.3. The van der Waals surface area contributed by atoms with Gasteiger partial charge in [0.15, 0.2) is 0 Å². The molecular weight excluding hydrogens is 368 g/mol. The Bertz CT molecular complexity index is 811. The number of carbonyl (C=O) groups excluding carboxylic acids is 2. The normalized spacial score (nSPS) is 26.9. The molecule has 1 saturated heterocycles. The number of nitrogen functional groups attached to an aromatic ring is 1. The first-order chi connectivity index (χ1) is 13.6. The minimum Gasteiger partial charge on any atom is -0.444 e. The molecule has 1 unspecified atom stereocenters. The van der Waals surface area contributed by atoms with Crippen molar-refractivity contribution in [1.29, 1.82) is 0 Å². The molecule has 7 nitrogen and oxygen atoms in total. The fourth-order valence-electron chi connectivity index (χ4n) is 4.40. The van der Waals surface area contributed by atoms with Gasteiger partial charge in [0.05, 0.1) is 0 Å². The summed E-state index contributed by atoms with van der Waals surface area (Å²) < 4.78 is 5.47. The molecule has 0 aromatic carbocycles. The van der Waals surface area contributed by atoms with Gasteiger partial charge in [-0.1, -0.05) is 0 Å². The molecule has 0 spiro atoms. The Balaban J connectivity index is 1.24. The monoisotopic (exact) mass is 398 g/mol. The fraction of sp³-hybridized carbons (Fsp3) is 0.591. The van der Waals surface area contributed by atoms with Gasteiger partial charge in [-0.25, -0.2) is 9.78 Å². The second-order valence-electron chi connectivity index (χ2n) is 9.70. The number of anilines is 1. The second kappa shape index (κ2) is 7.04. The number of nitrogens with one attached hydrogen (secondary N) is 1. The summed E-state index contributed by atoms with van der Waals surface area (Å²) in [5, 5.41) is 3.20. The number of likely N-dealkylation sites (tertiary alicyclic amines) is 1. The van der Waals surface area contributed by atoms with Gasteiger partial charge in [0.2, 0.25) is 5.91 Å². The van der Waals surface area contributed by atoms with Crippen LogP contribution in [0.25, 0.3) is 6.08 Å². The van der Waals surface area contributed by atoms with Crippen LogP contribution in [0, 0.1) is 17.8 Å². The molecule has 156 valence electrons. The van der Waals surface area contributed by atoms with Crippen molar-refractivity contribution in [3.8, 4) is 0 Å². The molecule has 3 aliphatic rings. The van der Waals surface area contributed by atoms with Gasteiger partial charge >= 0.3 is 6.09 Å². The first-order valence-electron chi connectivity index (χ1n) is 10.3. The highest BCUT2D eigenvalue weighted by Crippen LogP contribution is 2.58. The van der Waals surface area contributed by atoms with Crippen molar-refractivity contribution in [1.82, 2.24) is 15.2 Å². The third-order valence-electron chi connectivity index (χ3n) is 6.13. The number of amides is 2. The highest BCUT2D eigenvalue weighted by atomic mass is 16.6. The van der Waals surface area contributed by atoms with E-state index in [-0.39, 0.29) is 17.5 Å². The van der Waals surface area contributed by atoms with Crippen LogP contribution in [0.4, 0.5) is 10.6 Å². The molecule has 0 bridgehead atoms. The predicted molar refractivity (Wildman–Crippen MR) is 111 cm³/mol. The van der Waals surface area contributed by atoms with E-state index < -0.39 is 5.60 Å². The van der Waals surface area contributed by atoms with Gasteiger partial charge in [0.1, 0.15) is 11.4 Å². The summed E-state index contributed by atoms with van der Waals surface area (Å²) in [6, 6.07) is 3.55. The Hall–Kier alpha value is -2.57. The van der Waals surface area contributed by atoms with Crippen LogP contribution in [0.1, 0.15) is 45.6 Å². The fourth-order valence-corrected chi connectivity index (χ4v) is 4.40. The van der Waals surface area contributed by atoms with Crippen molar-refractivity contribution in [2.45, 2.75) is 51.2 Å². The molecule has 1 aliphatic heterocycles. The molecule has 3 N–H and O–H groups in total. The molecule has 4 rings (SSSR count). The number of hydrogen-bond donors (Lipinski definition) is 2. The van der Waals surface area contributed by atoms with E-state index in [1.165, 1.54) is 0 Å². The summed E-state index contributed by atoms with van der Waals surface area (Å²) >= 11 is 0. The Labute approximate surface area is 171 Å². The molecular formula is C22H30N4O3. The van der Waals surface area contributed by atoms with Crippen LogP contribution >= 0.6 is 0 Å². The quantitative estimate of drug-likeness (QED) is 0.744. The Morgan fingerprint density at radius 3 is 2.55 bits per heavy atom. The zero-order valence-corrected chi connectivity index (χ0v) is 17.4. The summed E-state index contributed by atoms with van der Waals surface area (Å²) in [6.07, 6.45) is 7.82. The van der Waals surface area contributed by atoms with Crippen LogP contribution in [-0.4, -0.2) is 46.1 Å². The summed E-state index contributed by atoms with van der Waals surface area (Å²) in [5.41, 5.74) is 5.90. The van der Waals surface area contributed by atoms with Crippen LogP contribution in [-0.2, 0) is 9.53 Å². The topological polar surface area (TPSA) is 97.5 Å². The minimum absolute atomic E-state index is 0.0630. The van der Waals surface area contributed by atoms with Crippen LogP contribution in [0.15, 0.2) is 24.4 Å². The molecule has 1 aromatic heterocycles. The van der Waals surface area contributed by atoms with Crippen LogP contribution < -0.4 is 11.1 Å². The maximum Gasteiger partial charge on any atom is 0.410 e. The first-order valence-corrected chi connectivity index (χ1v) is 10.3. The number of fused-ring (bicyclic) bond motifs is 1. The molecule has 3 atom stereocenters. The van der Waals surface area contributed by atoms with Crippen molar-refractivity contribution in [2.75, 3.05) is 18.8 Å². The van der Waals surface area contributed by atoms with Crippen LogP contribution in [0.5, 0.6) is 0 Å². The Morgan fingerprint density at radius 1 is 1.31 bits per heavy atom. The van der Waals surface area contributed by atoms with Gasteiger partial charge in [-0.15, -0.1) is 0 Å². The number of nitrogens with two attached hydrogens (primary N) is 1. The Kier molecular flexibility index (Phi) is 4.79. The summed E-state index contributed by atoms with van der Waals surface area (Å²) in [7, 11) is 0. The highest BCUT2D eigenvalue weighted by molar-refractivity contribution is 5.92. The molecule has 1 aromatic rings. The maximum atomic E-state index is 12.3. The molecule has 0 radical (unpaired) electrons. The lowest BCUT2D eigenvalue weighted by Gasteiger charge is -2.26. The van der Waals surface area contributed by atoms with E-state index in [1.807, 2.05) is 31.7 Å². The van der Waals surface area contributed by atoms with Crippen molar-refractivity contribution in [3.63, 3.8) is 0 Å². The number of aromatic nitrogens is 1. The van der Waals surface area contributed by atoms with E-state index in [1.54, 1.807) is 24.4 Å². The largest absolute Gasteiger partial charge is 0.444 e. The van der Waals surface area contributed by atoms with Crippen molar-refractivity contribution in [3.05, 3.63) is 30.0 Å². The minimum atomic E-state index is -0.457. The lowest BCUT2D eigenvalue weighted by molar-refractivity contribution is -0.117. The molecule has 2 amide bonds. The number of piperidine rings is 1. The number of pyridine rings is 1. The van der Waals surface area contributed by atoms with E-state index in [0.717, 1.165) is 37.9 Å². The zero-order valence-electron chi connectivity index (χ0n) is 17.4. The molecule has 2 aliphatic carbocycles. The third kappa shape index (κ3) is 4.71. The van der Waals surface area contributed by atoms with Crippen molar-refractivity contribution in [2.24, 2.45) is 17.8 Å². The number of ether oxygens (including phenoxy) is 1. The van der Waals surface area contributed by atoms with Crippen molar-refractivity contribution >= 4 is 23.9 Å². The predicted octanol–water partition coefficient (Wildman–Crippen LogP) is 2.83. The Morgan fingerprint density at radius 2 is 2.00 bits per heavy atom. The molecule has 2 heterocycles. The number of rotatable bonds is 5. The van der Waals surface area contributed by atoms with E-state index in [2.05, 4.69) is 10.3 Å². The third-order valence-corrected chi connectivity index (χ3v) is 6.13. The van der Waals surface area contributed by atoms with Gasteiger partial charge < -0.3 is 20.7 Å². The summed E-state index contributed by atoms with van der Waals surface area (Å²) in [6.45, 7) is 7.23. The number of nitrogens with zero attached hydrogens (tertiary/aromatic N) is 2. The standard InChI is InChI=1S/C22H30N4O3/c1-21(2,3)29-20(28)26-12-16-15(17(16)13-26)10-22(8-9-22)25-19(27)7-5-14-4-6-18(23)24-11-14/h4-7,11,15-17H,8-10,12-13H2,1-3H3,(H2,23,24)(H,25,27)/b7-5+/t15?,16-,17+. The van der Waals surface area contributed by atoms with Crippen molar-refractivity contribution < 1.29 is 14.3 Å². The number of hydrogen-bond acceptors (Lipinski definition) is 5. The van der Waals surface area contributed by atoms with Gasteiger partial charge in [-0.3, -0.25) is 4.79 Å². The average Bonchev–Trinajstić information content (AvgIpc) is 3.47. The van der Waals surface area contributed by atoms with Crippen LogP contribution in [0.2, 0.25) is 0 Å². The lowest BCUT2D eigenvalue weighted by Crippen LogP contribution is -2.39. The zero-order chi connectivity index (χ0) is 20.8. The molecule has 29 heavy (non-hydrogen) atoms. The van der Waals surface area contributed by atoms with Crippen LogP contribution in [0.3, 0.4) is 0 Å². The van der Waals surface area contributed by atoms with E-state index in [9.17, 15) is 9.59 Å². The van der Waals surface area contributed by atoms with E-state index >= 15 is 0 Å². The van der Waals surface area contributed by atoms with Gasteiger partial charge in [0.25, 0.3) is 0 Å². The average molecular weight is 399 g/mol. The molecule has 2 saturated carbocycles. The highest BCUT2D eigenvalue weighted by Gasteiger charge is 2.61. The SMILES string of the molecule is CC(C)(C)OC(=O)N1C[C@@H]2C(CC3(NC(=O)/C=C/c4ccc(N)nc4)CC3)[C@@H]2C1. The summed E-state index contributed by atoms with van der Waals surface area (Å²) in [5.74, 6) is 2.09. The lowest BCUT2D eigenvalue weighted by atomic mass is 10.0. The second-order valence-corrected chi connectivity index (χ2v) is 9.70. The number of carbonyl (C=O) groups is 2. The molecule has 3 fully saturated rings. The van der Waals surface area contributed by atoms with Gasteiger partial charge in [-0.2, -0.15) is 0 Å². The molecule has 7 heteroatoms. The van der Waals surface area contributed by atoms with E-state index in [4.69, 9.17) is 10.5 Å². The van der Waals surface area contributed by atoms with E-state index in [0.29, 0.717) is 23.6 Å². The van der Waals surface area contributed by atoms with Gasteiger partial charge in [-0.05, 0) is 81.6 Å². The van der Waals surface area contributed by atoms with Gasteiger partial charge in [0, 0.05) is 30.9 Å². The summed E-state index contributed by atoms with van der Waals surface area (Å²) in [4.78, 5) is 30.4. The first kappa shape index (κ1) is 19.7.